The minimum Gasteiger partial charge on any atom is -0.508 e. The molecule has 0 amide bonds. The summed E-state index contributed by atoms with van der Waals surface area (Å²) in [5.41, 5.74) is 4.49. The number of halogens is 1. The van der Waals surface area contributed by atoms with E-state index in [2.05, 4.69) is 9.88 Å². The topological polar surface area (TPSA) is 36.4 Å². The fourth-order valence-electron chi connectivity index (χ4n) is 3.59. The van der Waals surface area contributed by atoms with Gasteiger partial charge in [0, 0.05) is 5.56 Å². The summed E-state index contributed by atoms with van der Waals surface area (Å²) in [5, 5.41) is 10.6. The highest BCUT2D eigenvalue weighted by Gasteiger charge is 2.28. The molecule has 2 aromatic carbocycles. The van der Waals surface area contributed by atoms with Crippen molar-refractivity contribution < 1.29 is 9.50 Å². The maximum atomic E-state index is 13.4. The van der Waals surface area contributed by atoms with E-state index in [9.17, 15) is 9.50 Å². The van der Waals surface area contributed by atoms with Crippen LogP contribution in [-0.2, 0) is 0 Å². The molecular formula is C19H19FN2OS. The quantitative estimate of drug-likeness (QED) is 0.748. The molecule has 0 radical (unpaired) electrons. The van der Waals surface area contributed by atoms with E-state index >= 15 is 0 Å². The fraction of sp³-hybridized carbons (Fsp3) is 0.316. The highest BCUT2D eigenvalue weighted by atomic mass is 32.1. The lowest BCUT2D eigenvalue weighted by molar-refractivity contribution is 0.185. The molecule has 1 fully saturated rings. The van der Waals surface area contributed by atoms with Gasteiger partial charge in [0.15, 0.2) is 0 Å². The number of rotatable bonds is 3. The van der Waals surface area contributed by atoms with Crippen molar-refractivity contribution in [1.82, 2.24) is 9.88 Å². The first-order valence-corrected chi connectivity index (χ1v) is 9.16. The van der Waals surface area contributed by atoms with Gasteiger partial charge in [-0.2, -0.15) is 0 Å². The van der Waals surface area contributed by atoms with Crippen molar-refractivity contribution in [2.75, 3.05) is 13.1 Å². The van der Waals surface area contributed by atoms with E-state index in [-0.39, 0.29) is 17.6 Å². The molecule has 0 aliphatic carbocycles. The number of hydrogen-bond donors (Lipinski definition) is 1. The van der Waals surface area contributed by atoms with Crippen LogP contribution in [0.3, 0.4) is 0 Å². The summed E-state index contributed by atoms with van der Waals surface area (Å²) in [6.07, 6.45) is 3.52. The van der Waals surface area contributed by atoms with Crippen LogP contribution < -0.4 is 0 Å². The van der Waals surface area contributed by atoms with E-state index in [4.69, 9.17) is 0 Å². The van der Waals surface area contributed by atoms with Crippen molar-refractivity contribution in [3.63, 3.8) is 0 Å². The third kappa shape index (κ3) is 2.78. The Hall–Kier alpha value is -1.98. The first-order chi connectivity index (χ1) is 11.7. The molecule has 1 saturated heterocycles. The predicted molar refractivity (Wildman–Crippen MR) is 95.0 cm³/mol. The van der Waals surface area contributed by atoms with Crippen LogP contribution in [0.2, 0.25) is 0 Å². The molecule has 2 heterocycles. The average molecular weight is 342 g/mol. The highest BCUT2D eigenvalue weighted by Crippen LogP contribution is 2.40. The number of phenolic OH excluding ortho intramolecular Hbond substituents is 1. The molecule has 1 aliphatic rings. The largest absolute Gasteiger partial charge is 0.508 e. The van der Waals surface area contributed by atoms with Gasteiger partial charge in [-0.3, -0.25) is 4.90 Å². The summed E-state index contributed by atoms with van der Waals surface area (Å²) in [6, 6.07) is 10.2. The van der Waals surface area contributed by atoms with E-state index < -0.39 is 0 Å². The Bertz CT molecular complexity index is 840. The summed E-state index contributed by atoms with van der Waals surface area (Å²) in [7, 11) is 0. The Kier molecular flexibility index (Phi) is 4.21. The molecule has 1 N–H and O–H groups in total. The van der Waals surface area contributed by atoms with Gasteiger partial charge in [0.05, 0.1) is 21.8 Å². The normalized spacial score (nSPS) is 17.2. The lowest BCUT2D eigenvalue weighted by Gasteiger charge is -2.35. The van der Waals surface area contributed by atoms with Gasteiger partial charge in [0.1, 0.15) is 11.6 Å². The molecule has 3 aromatic rings. The second-order valence-electron chi connectivity index (χ2n) is 6.25. The number of piperidine rings is 1. The number of aromatic hydroxyl groups is 1. The molecule has 0 saturated carbocycles. The van der Waals surface area contributed by atoms with Crippen LogP contribution in [0.5, 0.6) is 5.75 Å². The van der Waals surface area contributed by atoms with Crippen molar-refractivity contribution in [2.24, 2.45) is 0 Å². The maximum absolute atomic E-state index is 13.4. The van der Waals surface area contributed by atoms with Gasteiger partial charge in [-0.1, -0.05) is 18.6 Å². The summed E-state index contributed by atoms with van der Waals surface area (Å²) >= 11 is 1.57. The van der Waals surface area contributed by atoms with Gasteiger partial charge >= 0.3 is 0 Å². The molecule has 5 heteroatoms. The van der Waals surface area contributed by atoms with Crippen molar-refractivity contribution in [1.29, 1.82) is 0 Å². The monoisotopic (exact) mass is 342 g/mol. The van der Waals surface area contributed by atoms with Gasteiger partial charge < -0.3 is 5.11 Å². The minimum atomic E-state index is -0.243. The zero-order valence-electron chi connectivity index (χ0n) is 13.3. The molecule has 24 heavy (non-hydrogen) atoms. The zero-order valence-corrected chi connectivity index (χ0v) is 14.1. The first-order valence-electron chi connectivity index (χ1n) is 8.28. The minimum absolute atomic E-state index is 0.100. The molecule has 0 spiro atoms. The van der Waals surface area contributed by atoms with E-state index in [0.717, 1.165) is 47.3 Å². The van der Waals surface area contributed by atoms with E-state index in [1.54, 1.807) is 17.4 Å². The van der Waals surface area contributed by atoms with Crippen molar-refractivity contribution in [3.8, 4) is 5.75 Å². The Morgan fingerprint density at radius 2 is 1.79 bits per heavy atom. The predicted octanol–water partition coefficient (Wildman–Crippen LogP) is 4.72. The second kappa shape index (κ2) is 6.49. The molecule has 3 nitrogen and oxygen atoms in total. The van der Waals surface area contributed by atoms with Crippen molar-refractivity contribution in [3.05, 3.63) is 58.9 Å². The number of hydrogen-bond acceptors (Lipinski definition) is 4. The van der Waals surface area contributed by atoms with Gasteiger partial charge in [-0.25, -0.2) is 9.37 Å². The first kappa shape index (κ1) is 15.5. The molecule has 1 atom stereocenters. The van der Waals surface area contributed by atoms with E-state index in [0.29, 0.717) is 0 Å². The smallest absolute Gasteiger partial charge is 0.123 e. The van der Waals surface area contributed by atoms with Crippen LogP contribution in [0.4, 0.5) is 4.39 Å². The van der Waals surface area contributed by atoms with Crippen LogP contribution in [0.15, 0.2) is 41.9 Å². The SMILES string of the molecule is Oc1ccc2scnc2c1C(c1ccc(F)cc1)N1CCCCC1. The van der Waals surface area contributed by atoms with E-state index in [1.807, 2.05) is 23.7 Å². The third-order valence-electron chi connectivity index (χ3n) is 4.73. The van der Waals surface area contributed by atoms with Crippen molar-refractivity contribution >= 4 is 21.6 Å². The van der Waals surface area contributed by atoms with Crippen molar-refractivity contribution in [2.45, 2.75) is 25.3 Å². The summed E-state index contributed by atoms with van der Waals surface area (Å²) in [6.45, 7) is 1.95. The lowest BCUT2D eigenvalue weighted by atomic mass is 9.93. The Labute approximate surface area is 144 Å². The Balaban J connectivity index is 1.89. The standard InChI is InChI=1S/C19H19FN2OS/c20-14-6-4-13(5-7-14)19(22-10-2-1-3-11-22)17-15(23)8-9-16-18(17)21-12-24-16/h4-9,12,19,23H,1-3,10-11H2. The van der Waals surface area contributed by atoms with Crippen LogP contribution in [0.1, 0.15) is 36.4 Å². The van der Waals surface area contributed by atoms with Gasteiger partial charge in [-0.05, 0) is 55.8 Å². The third-order valence-corrected chi connectivity index (χ3v) is 5.53. The number of fused-ring (bicyclic) bond motifs is 1. The van der Waals surface area contributed by atoms with Gasteiger partial charge in [0.2, 0.25) is 0 Å². The van der Waals surface area contributed by atoms with Crippen LogP contribution in [0, 0.1) is 5.82 Å². The molecule has 1 aromatic heterocycles. The summed E-state index contributed by atoms with van der Waals surface area (Å²) < 4.78 is 14.5. The molecule has 4 rings (SSSR count). The average Bonchev–Trinajstić information content (AvgIpc) is 3.08. The highest BCUT2D eigenvalue weighted by molar-refractivity contribution is 7.16. The molecule has 0 bridgehead atoms. The van der Waals surface area contributed by atoms with Gasteiger partial charge in [-0.15, -0.1) is 11.3 Å². The molecule has 124 valence electrons. The molecular weight excluding hydrogens is 323 g/mol. The summed E-state index contributed by atoms with van der Waals surface area (Å²) in [5.74, 6) is 0.0144. The second-order valence-corrected chi connectivity index (χ2v) is 7.13. The number of aromatic nitrogens is 1. The van der Waals surface area contributed by atoms with Crippen LogP contribution >= 0.6 is 11.3 Å². The molecule has 1 unspecified atom stereocenters. The number of phenols is 1. The maximum Gasteiger partial charge on any atom is 0.123 e. The van der Waals surface area contributed by atoms with Crippen LogP contribution in [0.25, 0.3) is 10.2 Å². The van der Waals surface area contributed by atoms with E-state index in [1.165, 1.54) is 18.6 Å². The lowest BCUT2D eigenvalue weighted by Crippen LogP contribution is -2.34. The Morgan fingerprint density at radius 1 is 1.04 bits per heavy atom. The summed E-state index contributed by atoms with van der Waals surface area (Å²) in [4.78, 5) is 6.88. The van der Waals surface area contributed by atoms with Crippen LogP contribution in [-0.4, -0.2) is 28.1 Å². The number of likely N-dealkylation sites (tertiary alicyclic amines) is 1. The number of thiazole rings is 1. The number of benzene rings is 2. The fourth-order valence-corrected chi connectivity index (χ4v) is 4.29. The number of nitrogens with zero attached hydrogens (tertiary/aromatic N) is 2. The Morgan fingerprint density at radius 3 is 2.54 bits per heavy atom. The molecule has 1 aliphatic heterocycles. The zero-order chi connectivity index (χ0) is 16.5. The van der Waals surface area contributed by atoms with Gasteiger partial charge in [0.25, 0.3) is 0 Å².